The number of benzene rings is 1. The van der Waals surface area contributed by atoms with Crippen LogP contribution in [0, 0.1) is 5.82 Å². The van der Waals surface area contributed by atoms with Gasteiger partial charge in [0.2, 0.25) is 0 Å². The van der Waals surface area contributed by atoms with Crippen LogP contribution in [0.1, 0.15) is 17.4 Å². The lowest BCUT2D eigenvalue weighted by molar-refractivity contribution is -0.139. The summed E-state index contributed by atoms with van der Waals surface area (Å²) in [5.74, 6) is 1.08. The normalized spacial score (nSPS) is 15.9. The Morgan fingerprint density at radius 1 is 1.11 bits per heavy atom. The second-order valence-corrected chi connectivity index (χ2v) is 7.42. The molecule has 1 fully saturated rings. The number of amides is 2. The van der Waals surface area contributed by atoms with E-state index in [0.717, 1.165) is 35.9 Å². The van der Waals surface area contributed by atoms with Crippen molar-refractivity contribution >= 4 is 23.6 Å². The molecule has 1 aromatic heterocycles. The standard InChI is InChI=1S/C19H22FN3O3S/c20-15-5-3-14(4-6-15)12-21-18(24)19(25)22-13-16(17-2-1-9-26-17)23-7-10-27-11-8-23/h1-6,9,16H,7-8,10-13H2,(H,21,24)(H,22,25)/t16-/m1/s1. The summed E-state index contributed by atoms with van der Waals surface area (Å²) in [6.45, 7) is 2.27. The van der Waals surface area contributed by atoms with Crippen LogP contribution in [0.25, 0.3) is 0 Å². The molecule has 2 aromatic rings. The van der Waals surface area contributed by atoms with Crippen molar-refractivity contribution in [2.75, 3.05) is 31.1 Å². The largest absolute Gasteiger partial charge is 0.468 e. The van der Waals surface area contributed by atoms with Crippen molar-refractivity contribution in [3.8, 4) is 0 Å². The summed E-state index contributed by atoms with van der Waals surface area (Å²) in [6.07, 6.45) is 1.61. The third kappa shape index (κ3) is 5.58. The van der Waals surface area contributed by atoms with Gasteiger partial charge in [0.15, 0.2) is 0 Å². The highest BCUT2D eigenvalue weighted by atomic mass is 32.2. The van der Waals surface area contributed by atoms with E-state index in [4.69, 9.17) is 4.42 Å². The van der Waals surface area contributed by atoms with Gasteiger partial charge in [-0.3, -0.25) is 14.5 Å². The molecule has 144 valence electrons. The maximum absolute atomic E-state index is 12.9. The fourth-order valence-electron chi connectivity index (χ4n) is 2.91. The van der Waals surface area contributed by atoms with E-state index in [1.54, 1.807) is 18.4 Å². The van der Waals surface area contributed by atoms with E-state index in [2.05, 4.69) is 15.5 Å². The number of hydrogen-bond acceptors (Lipinski definition) is 5. The number of nitrogens with one attached hydrogen (secondary N) is 2. The number of halogens is 1. The molecule has 2 N–H and O–H groups in total. The fourth-order valence-corrected chi connectivity index (χ4v) is 3.85. The molecule has 1 aromatic carbocycles. The van der Waals surface area contributed by atoms with Gasteiger partial charge in [-0.15, -0.1) is 0 Å². The molecule has 0 radical (unpaired) electrons. The minimum absolute atomic E-state index is 0.102. The van der Waals surface area contributed by atoms with Crippen molar-refractivity contribution in [2.45, 2.75) is 12.6 Å². The van der Waals surface area contributed by atoms with Crippen LogP contribution in [-0.4, -0.2) is 47.9 Å². The van der Waals surface area contributed by atoms with E-state index < -0.39 is 11.8 Å². The zero-order valence-electron chi connectivity index (χ0n) is 14.8. The van der Waals surface area contributed by atoms with E-state index >= 15 is 0 Å². The van der Waals surface area contributed by atoms with E-state index in [1.807, 2.05) is 23.9 Å². The monoisotopic (exact) mass is 391 g/mol. The van der Waals surface area contributed by atoms with Crippen molar-refractivity contribution in [1.29, 1.82) is 0 Å². The van der Waals surface area contributed by atoms with Gasteiger partial charge in [0, 0.05) is 37.7 Å². The zero-order chi connectivity index (χ0) is 19.1. The van der Waals surface area contributed by atoms with E-state index in [1.165, 1.54) is 12.1 Å². The summed E-state index contributed by atoms with van der Waals surface area (Å²) in [6, 6.07) is 9.35. The summed E-state index contributed by atoms with van der Waals surface area (Å²) in [5, 5.41) is 5.24. The second-order valence-electron chi connectivity index (χ2n) is 6.20. The van der Waals surface area contributed by atoms with Gasteiger partial charge < -0.3 is 15.1 Å². The van der Waals surface area contributed by atoms with Crippen LogP contribution < -0.4 is 10.6 Å². The third-order valence-corrected chi connectivity index (χ3v) is 5.33. The van der Waals surface area contributed by atoms with Crippen molar-refractivity contribution < 1.29 is 18.4 Å². The van der Waals surface area contributed by atoms with Gasteiger partial charge in [0.05, 0.1) is 12.3 Å². The lowest BCUT2D eigenvalue weighted by Crippen LogP contribution is -2.45. The zero-order valence-corrected chi connectivity index (χ0v) is 15.6. The summed E-state index contributed by atoms with van der Waals surface area (Å²) in [4.78, 5) is 26.4. The minimum atomic E-state index is -0.716. The molecule has 0 unspecified atom stereocenters. The predicted octanol–water partition coefficient (Wildman–Crippen LogP) is 1.94. The molecule has 0 spiro atoms. The van der Waals surface area contributed by atoms with Crippen molar-refractivity contribution in [2.24, 2.45) is 0 Å². The molecule has 6 nitrogen and oxygen atoms in total. The average Bonchev–Trinajstić information content (AvgIpc) is 3.22. The van der Waals surface area contributed by atoms with E-state index in [0.29, 0.717) is 6.54 Å². The first-order valence-corrected chi connectivity index (χ1v) is 9.94. The topological polar surface area (TPSA) is 74.6 Å². The molecule has 1 saturated heterocycles. The smallest absolute Gasteiger partial charge is 0.309 e. The quantitative estimate of drug-likeness (QED) is 0.737. The Labute approximate surface area is 161 Å². The highest BCUT2D eigenvalue weighted by molar-refractivity contribution is 7.99. The molecule has 1 atom stereocenters. The molecular formula is C19H22FN3O3S. The number of rotatable bonds is 6. The van der Waals surface area contributed by atoms with Crippen LogP contribution in [0.3, 0.4) is 0 Å². The SMILES string of the molecule is O=C(NCc1ccc(F)cc1)C(=O)NC[C@H](c1ccco1)N1CCSCC1. The van der Waals surface area contributed by atoms with Crippen LogP contribution in [-0.2, 0) is 16.1 Å². The maximum Gasteiger partial charge on any atom is 0.309 e. The van der Waals surface area contributed by atoms with E-state index in [-0.39, 0.29) is 18.4 Å². The molecule has 27 heavy (non-hydrogen) atoms. The summed E-state index contributed by atoms with van der Waals surface area (Å²) in [7, 11) is 0. The van der Waals surface area contributed by atoms with Crippen molar-refractivity contribution in [3.63, 3.8) is 0 Å². The Hall–Kier alpha value is -2.32. The Bertz CT molecular complexity index is 746. The number of carbonyl (C=O) groups excluding carboxylic acids is 2. The number of carbonyl (C=O) groups is 2. The van der Waals surface area contributed by atoms with Crippen LogP contribution in [0.4, 0.5) is 4.39 Å². The molecule has 0 saturated carbocycles. The number of hydrogen-bond donors (Lipinski definition) is 2. The van der Waals surface area contributed by atoms with Gasteiger partial charge in [0.1, 0.15) is 11.6 Å². The lowest BCUT2D eigenvalue weighted by atomic mass is 10.2. The molecular weight excluding hydrogens is 369 g/mol. The van der Waals surface area contributed by atoms with E-state index in [9.17, 15) is 14.0 Å². The lowest BCUT2D eigenvalue weighted by Gasteiger charge is -2.33. The summed E-state index contributed by atoms with van der Waals surface area (Å²) >= 11 is 1.90. The molecule has 2 amide bonds. The van der Waals surface area contributed by atoms with Gasteiger partial charge >= 0.3 is 11.8 Å². The van der Waals surface area contributed by atoms with Gasteiger partial charge in [0.25, 0.3) is 0 Å². The average molecular weight is 391 g/mol. The molecule has 0 aliphatic carbocycles. The predicted molar refractivity (Wildman–Crippen MR) is 102 cm³/mol. The van der Waals surface area contributed by atoms with Crippen molar-refractivity contribution in [3.05, 3.63) is 59.8 Å². The number of thioether (sulfide) groups is 1. The molecule has 1 aliphatic rings. The summed E-state index contributed by atoms with van der Waals surface area (Å²) in [5.41, 5.74) is 0.719. The number of nitrogens with zero attached hydrogens (tertiary/aromatic N) is 1. The highest BCUT2D eigenvalue weighted by Gasteiger charge is 2.26. The van der Waals surface area contributed by atoms with Crippen LogP contribution in [0.5, 0.6) is 0 Å². The highest BCUT2D eigenvalue weighted by Crippen LogP contribution is 2.24. The number of furan rings is 1. The van der Waals surface area contributed by atoms with Gasteiger partial charge in [-0.1, -0.05) is 12.1 Å². The Kier molecular flexibility index (Phi) is 6.89. The molecule has 2 heterocycles. The van der Waals surface area contributed by atoms with Crippen LogP contribution in [0.2, 0.25) is 0 Å². The molecule has 8 heteroatoms. The molecule has 0 bridgehead atoms. The first-order valence-electron chi connectivity index (χ1n) is 8.79. The Balaban J connectivity index is 1.52. The van der Waals surface area contributed by atoms with Gasteiger partial charge in [-0.05, 0) is 29.8 Å². The second kappa shape index (κ2) is 9.57. The van der Waals surface area contributed by atoms with Gasteiger partial charge in [-0.2, -0.15) is 11.8 Å². The molecule has 1 aliphatic heterocycles. The van der Waals surface area contributed by atoms with Crippen LogP contribution >= 0.6 is 11.8 Å². The van der Waals surface area contributed by atoms with Crippen LogP contribution in [0.15, 0.2) is 47.1 Å². The fraction of sp³-hybridized carbons (Fsp3) is 0.368. The first-order chi connectivity index (χ1) is 13.1. The van der Waals surface area contributed by atoms with Gasteiger partial charge in [-0.25, -0.2) is 4.39 Å². The Morgan fingerprint density at radius 3 is 2.48 bits per heavy atom. The first kappa shape index (κ1) is 19.4. The summed E-state index contributed by atoms with van der Waals surface area (Å²) < 4.78 is 18.4. The third-order valence-electron chi connectivity index (χ3n) is 4.39. The van der Waals surface area contributed by atoms with Crippen molar-refractivity contribution in [1.82, 2.24) is 15.5 Å². The maximum atomic E-state index is 12.9. The Morgan fingerprint density at radius 2 is 1.81 bits per heavy atom. The minimum Gasteiger partial charge on any atom is -0.468 e. The molecule has 3 rings (SSSR count).